The molecule has 0 spiro atoms. The summed E-state index contributed by atoms with van der Waals surface area (Å²) < 4.78 is -0.526. The van der Waals surface area contributed by atoms with Gasteiger partial charge in [0, 0.05) is 5.25 Å². The topological polar surface area (TPSA) is 37.3 Å². The number of aliphatic carboxylic acids is 1. The number of hydrogen-bond donors (Lipinski definition) is 1. The molecule has 0 saturated heterocycles. The zero-order valence-electron chi connectivity index (χ0n) is 9.79. The van der Waals surface area contributed by atoms with Crippen molar-refractivity contribution < 1.29 is 9.90 Å². The van der Waals surface area contributed by atoms with Crippen LogP contribution in [0.2, 0.25) is 0 Å². The second-order valence-electron chi connectivity index (χ2n) is 4.38. The Labute approximate surface area is 96.8 Å². The molecule has 0 amide bonds. The van der Waals surface area contributed by atoms with E-state index in [2.05, 4.69) is 0 Å². The highest BCUT2D eigenvalue weighted by Crippen LogP contribution is 2.41. The monoisotopic (exact) mass is 230 g/mol. The van der Waals surface area contributed by atoms with Gasteiger partial charge in [-0.1, -0.05) is 33.1 Å². The lowest BCUT2D eigenvalue weighted by molar-refractivity contribution is -0.140. The highest BCUT2D eigenvalue weighted by Gasteiger charge is 2.38. The maximum Gasteiger partial charge on any atom is 0.319 e. The molecule has 15 heavy (non-hydrogen) atoms. The number of carboxylic acids is 1. The number of hydrogen-bond acceptors (Lipinski definition) is 2. The minimum Gasteiger partial charge on any atom is -0.480 e. The second-order valence-corrected chi connectivity index (χ2v) is 6.07. The second kappa shape index (κ2) is 5.78. The van der Waals surface area contributed by atoms with Crippen molar-refractivity contribution in [3.8, 4) is 0 Å². The molecule has 1 saturated carbocycles. The summed E-state index contributed by atoms with van der Waals surface area (Å²) in [6.45, 7) is 3.99. The van der Waals surface area contributed by atoms with Crippen molar-refractivity contribution in [2.45, 2.75) is 68.8 Å². The van der Waals surface area contributed by atoms with Gasteiger partial charge in [-0.25, -0.2) is 0 Å². The van der Waals surface area contributed by atoms with Crippen LogP contribution in [0.25, 0.3) is 0 Å². The van der Waals surface area contributed by atoms with Crippen LogP contribution in [0.5, 0.6) is 0 Å². The fourth-order valence-electron chi connectivity index (χ4n) is 2.27. The van der Waals surface area contributed by atoms with Gasteiger partial charge in [-0.2, -0.15) is 0 Å². The molecule has 3 heteroatoms. The molecule has 1 N–H and O–H groups in total. The average Bonchev–Trinajstić information content (AvgIpc) is 2.27. The third kappa shape index (κ3) is 3.13. The third-order valence-electron chi connectivity index (χ3n) is 3.48. The Morgan fingerprint density at radius 2 is 1.80 bits per heavy atom. The molecule has 0 unspecified atom stereocenters. The average molecular weight is 230 g/mol. The lowest BCUT2D eigenvalue weighted by Crippen LogP contribution is -2.36. The molecule has 0 atom stereocenters. The van der Waals surface area contributed by atoms with Gasteiger partial charge in [-0.15, -0.1) is 11.8 Å². The van der Waals surface area contributed by atoms with Crippen molar-refractivity contribution in [3.05, 3.63) is 0 Å². The highest BCUT2D eigenvalue weighted by molar-refractivity contribution is 8.02. The number of rotatable bonds is 5. The van der Waals surface area contributed by atoms with Crippen LogP contribution in [0.15, 0.2) is 0 Å². The van der Waals surface area contributed by atoms with Crippen LogP contribution in [0.4, 0.5) is 0 Å². The van der Waals surface area contributed by atoms with Crippen LogP contribution in [-0.2, 0) is 4.79 Å². The van der Waals surface area contributed by atoms with Gasteiger partial charge in [0.05, 0.1) is 0 Å². The van der Waals surface area contributed by atoms with Crippen molar-refractivity contribution in [1.82, 2.24) is 0 Å². The fourth-order valence-corrected chi connectivity index (χ4v) is 3.91. The summed E-state index contributed by atoms with van der Waals surface area (Å²) in [5.41, 5.74) is 0. The number of thioether (sulfide) groups is 1. The first-order valence-corrected chi connectivity index (χ1v) is 6.94. The van der Waals surface area contributed by atoms with Gasteiger partial charge < -0.3 is 5.11 Å². The first-order valence-electron chi connectivity index (χ1n) is 6.06. The molecule has 0 aromatic rings. The van der Waals surface area contributed by atoms with E-state index in [1.54, 1.807) is 11.8 Å². The van der Waals surface area contributed by atoms with Gasteiger partial charge in [0.15, 0.2) is 0 Å². The molecule has 1 aliphatic carbocycles. The van der Waals surface area contributed by atoms with E-state index in [1.165, 1.54) is 32.1 Å². The quantitative estimate of drug-likeness (QED) is 0.782. The molecule has 0 radical (unpaired) electrons. The molecule has 0 aliphatic heterocycles. The minimum absolute atomic E-state index is 0.526. The van der Waals surface area contributed by atoms with Gasteiger partial charge >= 0.3 is 5.97 Å². The lowest BCUT2D eigenvalue weighted by atomic mass is 10.00. The van der Waals surface area contributed by atoms with Crippen molar-refractivity contribution in [1.29, 1.82) is 0 Å². The summed E-state index contributed by atoms with van der Waals surface area (Å²) in [5.74, 6) is -0.622. The molecule has 0 bridgehead atoms. The highest BCUT2D eigenvalue weighted by atomic mass is 32.2. The van der Waals surface area contributed by atoms with E-state index in [0.717, 1.165) is 12.8 Å². The number of carbonyl (C=O) groups is 1. The van der Waals surface area contributed by atoms with Gasteiger partial charge in [0.2, 0.25) is 0 Å². The van der Waals surface area contributed by atoms with E-state index < -0.39 is 10.7 Å². The molecule has 0 aromatic carbocycles. The summed E-state index contributed by atoms with van der Waals surface area (Å²) >= 11 is 1.72. The van der Waals surface area contributed by atoms with Gasteiger partial charge in [0.25, 0.3) is 0 Å². The maximum atomic E-state index is 11.3. The summed E-state index contributed by atoms with van der Waals surface area (Å²) in [7, 11) is 0. The van der Waals surface area contributed by atoms with Gasteiger partial charge in [-0.3, -0.25) is 4.79 Å². The molecule has 1 rings (SSSR count). The Morgan fingerprint density at radius 1 is 1.27 bits per heavy atom. The van der Waals surface area contributed by atoms with Crippen molar-refractivity contribution >= 4 is 17.7 Å². The first kappa shape index (κ1) is 12.9. The van der Waals surface area contributed by atoms with E-state index >= 15 is 0 Å². The molecule has 2 nitrogen and oxygen atoms in total. The van der Waals surface area contributed by atoms with E-state index in [-0.39, 0.29) is 0 Å². The summed E-state index contributed by atoms with van der Waals surface area (Å²) in [6, 6.07) is 0. The van der Waals surface area contributed by atoms with E-state index in [9.17, 15) is 9.90 Å². The van der Waals surface area contributed by atoms with E-state index in [0.29, 0.717) is 5.25 Å². The van der Waals surface area contributed by atoms with E-state index in [4.69, 9.17) is 0 Å². The van der Waals surface area contributed by atoms with Gasteiger partial charge in [-0.05, 0) is 25.7 Å². The number of carboxylic acid groups (broad SMARTS) is 1. The van der Waals surface area contributed by atoms with Crippen LogP contribution < -0.4 is 0 Å². The van der Waals surface area contributed by atoms with Crippen molar-refractivity contribution in [2.75, 3.05) is 0 Å². The Kier molecular flexibility index (Phi) is 4.97. The Balaban J connectivity index is 2.60. The predicted octanol–water partition coefficient (Wildman–Crippen LogP) is 3.70. The van der Waals surface area contributed by atoms with Crippen LogP contribution in [-0.4, -0.2) is 21.1 Å². The van der Waals surface area contributed by atoms with Crippen LogP contribution >= 0.6 is 11.8 Å². The normalized spacial score (nSPS) is 19.1. The molecule has 88 valence electrons. The zero-order chi connectivity index (χ0) is 11.3. The van der Waals surface area contributed by atoms with Crippen LogP contribution in [0.3, 0.4) is 0 Å². The predicted molar refractivity (Wildman–Crippen MR) is 65.4 cm³/mol. The minimum atomic E-state index is -0.622. The van der Waals surface area contributed by atoms with Crippen molar-refractivity contribution in [2.24, 2.45) is 0 Å². The standard InChI is InChI=1S/C12H22O2S/c1-3-12(4-2,11(13)14)15-10-8-6-5-7-9-10/h10H,3-9H2,1-2H3,(H,13,14). The fraction of sp³-hybridized carbons (Fsp3) is 0.917. The van der Waals surface area contributed by atoms with Gasteiger partial charge in [0.1, 0.15) is 4.75 Å². The molecular weight excluding hydrogens is 208 g/mol. The van der Waals surface area contributed by atoms with E-state index in [1.807, 2.05) is 13.8 Å². The summed E-state index contributed by atoms with van der Waals surface area (Å²) in [4.78, 5) is 11.3. The largest absolute Gasteiger partial charge is 0.480 e. The SMILES string of the molecule is CCC(CC)(SC1CCCCC1)C(=O)O. The van der Waals surface area contributed by atoms with Crippen LogP contribution in [0, 0.1) is 0 Å². The third-order valence-corrected chi connectivity index (χ3v) is 5.48. The Bertz CT molecular complexity index is 206. The Morgan fingerprint density at radius 3 is 2.20 bits per heavy atom. The smallest absolute Gasteiger partial charge is 0.319 e. The van der Waals surface area contributed by atoms with Crippen molar-refractivity contribution in [3.63, 3.8) is 0 Å². The molecule has 0 heterocycles. The molecular formula is C12H22O2S. The van der Waals surface area contributed by atoms with Crippen LogP contribution in [0.1, 0.15) is 58.8 Å². The molecule has 1 aliphatic rings. The summed E-state index contributed by atoms with van der Waals surface area (Å²) in [5, 5.41) is 9.91. The Hall–Kier alpha value is -0.180. The maximum absolute atomic E-state index is 11.3. The summed E-state index contributed by atoms with van der Waals surface area (Å²) in [6.07, 6.45) is 7.77. The molecule has 0 aromatic heterocycles. The molecule has 1 fully saturated rings. The zero-order valence-corrected chi connectivity index (χ0v) is 10.6. The first-order chi connectivity index (χ1) is 7.14. The lowest BCUT2D eigenvalue weighted by Gasteiger charge is -2.32.